The van der Waals surface area contributed by atoms with Crippen molar-refractivity contribution in [3.8, 4) is 0 Å². The molecule has 1 saturated heterocycles. The van der Waals surface area contributed by atoms with Gasteiger partial charge in [-0.1, -0.05) is 6.42 Å². The van der Waals surface area contributed by atoms with Crippen LogP contribution in [0, 0.1) is 0 Å². The first-order chi connectivity index (χ1) is 11.7. The van der Waals surface area contributed by atoms with Gasteiger partial charge in [-0.05, 0) is 18.9 Å². The van der Waals surface area contributed by atoms with Crippen molar-refractivity contribution >= 4 is 11.9 Å². The van der Waals surface area contributed by atoms with Crippen molar-refractivity contribution < 1.29 is 41.7 Å². The Hall–Kier alpha value is -1.61. The van der Waals surface area contributed by atoms with Gasteiger partial charge in [-0.3, -0.25) is 0 Å². The number of methoxy groups -OCH3 is 1. The van der Waals surface area contributed by atoms with Gasteiger partial charge in [0.25, 0.3) is 0 Å². The Morgan fingerprint density at radius 2 is 1.88 bits per heavy atom. The van der Waals surface area contributed by atoms with E-state index in [0.717, 1.165) is 19.3 Å². The van der Waals surface area contributed by atoms with Gasteiger partial charge in [0.2, 0.25) is 0 Å². The molecule has 0 radical (unpaired) electrons. The summed E-state index contributed by atoms with van der Waals surface area (Å²) in [5.74, 6) is -3.89. The lowest BCUT2D eigenvalue weighted by molar-refractivity contribution is -0.219. The predicted octanol–water partition coefficient (Wildman–Crippen LogP) is 2.41. The maximum atomic E-state index is 12.6. The van der Waals surface area contributed by atoms with Gasteiger partial charge in [-0.15, -0.1) is 0 Å². The summed E-state index contributed by atoms with van der Waals surface area (Å²) in [4.78, 5) is 23.1. The molecule has 0 N–H and O–H groups in total. The molecular weight excluding hydrogens is 345 g/mol. The molecule has 3 atom stereocenters. The Kier molecular flexibility index (Phi) is 4.80. The summed E-state index contributed by atoms with van der Waals surface area (Å²) < 4.78 is 58.8. The first kappa shape index (κ1) is 18.2. The minimum absolute atomic E-state index is 0.111. The number of rotatable bonds is 2. The molecule has 1 heterocycles. The quantitative estimate of drug-likeness (QED) is 0.701. The molecule has 1 spiro atoms. The van der Waals surface area contributed by atoms with E-state index in [1.54, 1.807) is 0 Å². The molecule has 0 bridgehead atoms. The fourth-order valence-corrected chi connectivity index (χ4v) is 3.60. The van der Waals surface area contributed by atoms with Crippen molar-refractivity contribution in [1.29, 1.82) is 0 Å². The van der Waals surface area contributed by atoms with E-state index in [4.69, 9.17) is 9.47 Å². The van der Waals surface area contributed by atoms with Crippen LogP contribution in [0.15, 0.2) is 11.6 Å². The molecule has 0 aromatic carbocycles. The molecule has 1 saturated carbocycles. The summed E-state index contributed by atoms with van der Waals surface area (Å²) in [6, 6.07) is 0. The number of alkyl halides is 3. The number of esters is 2. The lowest BCUT2D eigenvalue weighted by Crippen LogP contribution is -2.44. The third-order valence-electron chi connectivity index (χ3n) is 4.73. The van der Waals surface area contributed by atoms with Crippen LogP contribution in [-0.4, -0.2) is 49.3 Å². The predicted molar refractivity (Wildman–Crippen MR) is 76.2 cm³/mol. The summed E-state index contributed by atoms with van der Waals surface area (Å²) in [6.07, 6.45) is -2.73. The second kappa shape index (κ2) is 6.60. The topological polar surface area (TPSA) is 71.1 Å². The van der Waals surface area contributed by atoms with Crippen LogP contribution >= 0.6 is 0 Å². The van der Waals surface area contributed by atoms with Gasteiger partial charge in [0, 0.05) is 24.8 Å². The van der Waals surface area contributed by atoms with Crippen molar-refractivity contribution in [2.24, 2.45) is 0 Å². The molecule has 0 amide bonds. The lowest BCUT2D eigenvalue weighted by atomic mass is 9.92. The molecule has 9 heteroatoms. The smallest absolute Gasteiger partial charge is 0.466 e. The maximum Gasteiger partial charge on any atom is 0.490 e. The number of fused-ring (bicyclic) bond motifs is 1. The Labute approximate surface area is 142 Å². The first-order valence-corrected chi connectivity index (χ1v) is 8.16. The van der Waals surface area contributed by atoms with Gasteiger partial charge in [0.15, 0.2) is 5.79 Å². The van der Waals surface area contributed by atoms with Gasteiger partial charge in [-0.25, -0.2) is 9.59 Å². The van der Waals surface area contributed by atoms with Crippen molar-refractivity contribution in [2.45, 2.75) is 68.8 Å². The number of hydrogen-bond acceptors (Lipinski definition) is 6. The summed E-state index contributed by atoms with van der Waals surface area (Å²) in [6.45, 7) is 0. The third kappa shape index (κ3) is 3.67. The van der Waals surface area contributed by atoms with Gasteiger partial charge in [-0.2, -0.15) is 13.2 Å². The number of halogens is 3. The normalized spacial score (nSPS) is 31.2. The Morgan fingerprint density at radius 1 is 1.20 bits per heavy atom. The fourth-order valence-electron chi connectivity index (χ4n) is 3.60. The molecule has 25 heavy (non-hydrogen) atoms. The molecule has 140 valence electrons. The SMILES string of the molecule is COC(=O)C1=CC2OC3(CCCCC3)OC2C(OC(=O)C(F)(F)F)C1. The summed E-state index contributed by atoms with van der Waals surface area (Å²) in [5, 5.41) is 0. The molecule has 3 rings (SSSR count). The van der Waals surface area contributed by atoms with Gasteiger partial charge >= 0.3 is 18.1 Å². The minimum atomic E-state index is -5.12. The van der Waals surface area contributed by atoms with Crippen LogP contribution in [-0.2, 0) is 28.5 Å². The molecule has 1 aliphatic heterocycles. The van der Waals surface area contributed by atoms with E-state index in [1.807, 2.05) is 0 Å². The van der Waals surface area contributed by atoms with Crippen LogP contribution in [0.2, 0.25) is 0 Å². The van der Waals surface area contributed by atoms with Crippen LogP contribution in [0.5, 0.6) is 0 Å². The summed E-state index contributed by atoms with van der Waals surface area (Å²) in [5.41, 5.74) is 0.111. The van der Waals surface area contributed by atoms with E-state index in [1.165, 1.54) is 13.2 Å². The van der Waals surface area contributed by atoms with Gasteiger partial charge in [0.05, 0.1) is 7.11 Å². The summed E-state index contributed by atoms with van der Waals surface area (Å²) in [7, 11) is 1.17. The van der Waals surface area contributed by atoms with E-state index < -0.39 is 42.2 Å². The average Bonchev–Trinajstić information content (AvgIpc) is 2.91. The number of carbonyl (C=O) groups excluding carboxylic acids is 2. The molecule has 3 aliphatic rings. The number of hydrogen-bond donors (Lipinski definition) is 0. The van der Waals surface area contributed by atoms with E-state index in [-0.39, 0.29) is 12.0 Å². The van der Waals surface area contributed by atoms with E-state index in [0.29, 0.717) is 12.8 Å². The van der Waals surface area contributed by atoms with E-state index in [9.17, 15) is 22.8 Å². The number of ether oxygens (including phenoxy) is 4. The second-order valence-electron chi connectivity index (χ2n) is 6.47. The molecule has 0 aromatic heterocycles. The first-order valence-electron chi connectivity index (χ1n) is 8.16. The highest BCUT2D eigenvalue weighted by atomic mass is 19.4. The van der Waals surface area contributed by atoms with E-state index >= 15 is 0 Å². The van der Waals surface area contributed by atoms with Crippen molar-refractivity contribution in [3.05, 3.63) is 11.6 Å². The highest BCUT2D eigenvalue weighted by molar-refractivity contribution is 5.89. The van der Waals surface area contributed by atoms with Crippen LogP contribution in [0.3, 0.4) is 0 Å². The van der Waals surface area contributed by atoms with Crippen molar-refractivity contribution in [1.82, 2.24) is 0 Å². The highest BCUT2D eigenvalue weighted by Gasteiger charge is 2.54. The second-order valence-corrected chi connectivity index (χ2v) is 6.47. The zero-order chi connectivity index (χ0) is 18.2. The zero-order valence-electron chi connectivity index (χ0n) is 13.6. The molecule has 3 unspecified atom stereocenters. The van der Waals surface area contributed by atoms with Crippen LogP contribution in [0.1, 0.15) is 38.5 Å². The van der Waals surface area contributed by atoms with Gasteiger partial charge < -0.3 is 18.9 Å². The van der Waals surface area contributed by atoms with Gasteiger partial charge in [0.1, 0.15) is 18.3 Å². The Morgan fingerprint density at radius 3 is 2.48 bits per heavy atom. The molecule has 2 fully saturated rings. The Bertz CT molecular complexity index is 579. The molecule has 2 aliphatic carbocycles. The number of carbonyl (C=O) groups is 2. The lowest BCUT2D eigenvalue weighted by Gasteiger charge is -2.32. The standard InChI is InChI=1S/C16H19F3O6/c1-22-13(20)9-7-10(23-14(21)16(17,18)19)12-11(8-9)24-15(25-12)5-3-2-4-6-15/h8,10-12H,2-7H2,1H3. The van der Waals surface area contributed by atoms with Crippen LogP contribution < -0.4 is 0 Å². The molecule has 0 aromatic rings. The Balaban J connectivity index is 1.83. The monoisotopic (exact) mass is 364 g/mol. The molecular formula is C16H19F3O6. The van der Waals surface area contributed by atoms with Crippen LogP contribution in [0.25, 0.3) is 0 Å². The largest absolute Gasteiger partial charge is 0.490 e. The third-order valence-corrected chi connectivity index (χ3v) is 4.73. The zero-order valence-corrected chi connectivity index (χ0v) is 13.6. The van der Waals surface area contributed by atoms with Crippen LogP contribution in [0.4, 0.5) is 13.2 Å². The van der Waals surface area contributed by atoms with Crippen molar-refractivity contribution in [3.63, 3.8) is 0 Å². The summed E-state index contributed by atoms with van der Waals surface area (Å²) >= 11 is 0. The maximum absolute atomic E-state index is 12.6. The fraction of sp³-hybridized carbons (Fsp3) is 0.750. The minimum Gasteiger partial charge on any atom is -0.466 e. The highest BCUT2D eigenvalue weighted by Crippen LogP contribution is 2.45. The van der Waals surface area contributed by atoms with Crippen molar-refractivity contribution in [2.75, 3.05) is 7.11 Å². The average molecular weight is 364 g/mol. The van der Waals surface area contributed by atoms with E-state index in [2.05, 4.69) is 9.47 Å². The molecule has 6 nitrogen and oxygen atoms in total.